The maximum absolute atomic E-state index is 13.1. The molecule has 3 aromatic carbocycles. The van der Waals surface area contributed by atoms with Crippen LogP contribution in [0.4, 0.5) is 30.2 Å². The van der Waals surface area contributed by atoms with Crippen molar-refractivity contribution in [2.75, 3.05) is 20.6 Å². The molecule has 0 aromatic heterocycles. The van der Waals surface area contributed by atoms with Gasteiger partial charge >= 0.3 is 6.18 Å². The van der Waals surface area contributed by atoms with Crippen molar-refractivity contribution in [3.8, 4) is 0 Å². The number of nitrogens with one attached hydrogen (secondary N) is 2. The van der Waals surface area contributed by atoms with E-state index in [4.69, 9.17) is 11.6 Å². The van der Waals surface area contributed by atoms with Gasteiger partial charge in [0.25, 0.3) is 10.0 Å². The lowest BCUT2D eigenvalue weighted by atomic mass is 10.1. The normalized spacial score (nSPS) is 13.0. The minimum Gasteiger partial charge on any atom is -0.324 e. The van der Waals surface area contributed by atoms with Gasteiger partial charge in [-0.2, -0.15) is 13.2 Å². The van der Waals surface area contributed by atoms with Gasteiger partial charge in [-0.25, -0.2) is 16.8 Å². The molecular weight excluding hydrogens is 579 g/mol. The summed E-state index contributed by atoms with van der Waals surface area (Å²) in [4.78, 5) is 12.7. The number of aryl methyl sites for hydroxylation is 2. The molecule has 0 spiro atoms. The van der Waals surface area contributed by atoms with Gasteiger partial charge in [-0.15, -0.1) is 0 Å². The van der Waals surface area contributed by atoms with E-state index in [1.54, 1.807) is 26.0 Å². The first-order chi connectivity index (χ1) is 17.9. The number of hydrogen-bond donors (Lipinski definition) is 2. The average molecular weight is 604 g/mol. The lowest BCUT2D eigenvalue weighted by Crippen LogP contribution is -2.45. The minimum atomic E-state index is -4.78. The second-order valence-corrected chi connectivity index (χ2v) is 12.8. The molecule has 0 fully saturated rings. The maximum Gasteiger partial charge on any atom is 0.417 e. The highest BCUT2D eigenvalue weighted by molar-refractivity contribution is 7.92. The smallest absolute Gasteiger partial charge is 0.324 e. The number of alkyl halides is 3. The van der Waals surface area contributed by atoms with Crippen LogP contribution in [-0.4, -0.2) is 35.0 Å². The van der Waals surface area contributed by atoms with Crippen LogP contribution in [0.25, 0.3) is 0 Å². The Labute approximate surface area is 229 Å². The van der Waals surface area contributed by atoms with Gasteiger partial charge in [-0.1, -0.05) is 17.7 Å². The Balaban J connectivity index is 1.79. The van der Waals surface area contributed by atoms with Gasteiger partial charge in [0, 0.05) is 11.4 Å². The Morgan fingerprint density at radius 1 is 0.897 bits per heavy atom. The second-order valence-electron chi connectivity index (χ2n) is 8.89. The molecule has 3 rings (SSSR count). The van der Waals surface area contributed by atoms with Crippen LogP contribution in [-0.2, 0) is 31.0 Å². The van der Waals surface area contributed by atoms with Crippen molar-refractivity contribution >= 4 is 54.6 Å². The van der Waals surface area contributed by atoms with Crippen LogP contribution in [0, 0.1) is 13.8 Å². The number of hydrogen-bond acceptors (Lipinski definition) is 5. The molecule has 0 radical (unpaired) electrons. The zero-order valence-corrected chi connectivity index (χ0v) is 23.6. The Morgan fingerprint density at radius 2 is 1.44 bits per heavy atom. The largest absolute Gasteiger partial charge is 0.417 e. The summed E-state index contributed by atoms with van der Waals surface area (Å²) < 4.78 is 92.9. The number of rotatable bonds is 8. The van der Waals surface area contributed by atoms with Crippen molar-refractivity contribution < 1.29 is 34.8 Å². The third-order valence-corrected chi connectivity index (χ3v) is 8.47. The van der Waals surface area contributed by atoms with Gasteiger partial charge in [0.15, 0.2) is 0 Å². The maximum atomic E-state index is 13.1. The van der Waals surface area contributed by atoms with Gasteiger partial charge in [0.05, 0.1) is 27.4 Å². The Bertz CT molecular complexity index is 1590. The molecule has 0 bridgehead atoms. The number of sulfonamides is 2. The van der Waals surface area contributed by atoms with E-state index in [1.807, 2.05) is 6.07 Å². The molecule has 1 amide bonds. The van der Waals surface area contributed by atoms with Crippen molar-refractivity contribution in [2.45, 2.75) is 37.9 Å². The van der Waals surface area contributed by atoms with Crippen LogP contribution >= 0.6 is 11.6 Å². The predicted octanol–water partition coefficient (Wildman–Crippen LogP) is 5.57. The highest BCUT2D eigenvalue weighted by Gasteiger charge is 2.34. The molecule has 0 aliphatic rings. The fourth-order valence-electron chi connectivity index (χ4n) is 3.87. The summed E-state index contributed by atoms with van der Waals surface area (Å²) in [5.41, 5.74) is 0.576. The average Bonchev–Trinajstić information content (AvgIpc) is 2.78. The molecule has 14 heteroatoms. The lowest BCUT2D eigenvalue weighted by Gasteiger charge is -2.28. The molecule has 2 N–H and O–H groups in total. The van der Waals surface area contributed by atoms with Gasteiger partial charge in [-0.05, 0) is 86.5 Å². The van der Waals surface area contributed by atoms with E-state index in [-0.39, 0.29) is 16.3 Å². The van der Waals surface area contributed by atoms with Crippen LogP contribution in [0.5, 0.6) is 0 Å². The summed E-state index contributed by atoms with van der Waals surface area (Å²) in [5.74, 6) is -0.672. The number of amides is 1. The topological polar surface area (TPSA) is 113 Å². The summed E-state index contributed by atoms with van der Waals surface area (Å²) in [6.45, 7) is 5.01. The molecule has 3 aromatic rings. The van der Waals surface area contributed by atoms with E-state index >= 15 is 0 Å². The fourth-order valence-corrected chi connectivity index (χ4v) is 6.30. The van der Waals surface area contributed by atoms with Crippen molar-refractivity contribution in [3.05, 3.63) is 82.4 Å². The molecule has 0 unspecified atom stereocenters. The molecule has 0 heterocycles. The van der Waals surface area contributed by atoms with Gasteiger partial charge in [-0.3, -0.25) is 13.8 Å². The van der Waals surface area contributed by atoms with E-state index < -0.39 is 48.8 Å². The van der Waals surface area contributed by atoms with Gasteiger partial charge in [0.1, 0.15) is 6.04 Å². The summed E-state index contributed by atoms with van der Waals surface area (Å²) in [7, 11) is -8.14. The summed E-state index contributed by atoms with van der Waals surface area (Å²) in [6.07, 6.45) is -3.79. The first kappa shape index (κ1) is 30.3. The molecule has 0 saturated heterocycles. The molecule has 39 heavy (non-hydrogen) atoms. The van der Waals surface area contributed by atoms with Gasteiger partial charge in [0.2, 0.25) is 15.9 Å². The Hall–Kier alpha value is -3.29. The van der Waals surface area contributed by atoms with Crippen LogP contribution in [0.1, 0.15) is 23.6 Å². The standard InChI is InChI=1S/C25H25ClF3N3O5S2/c1-15-11-16(2)13-20(12-15)32(38(4,34)35)17(3)24(33)30-18-5-8-21(9-6-18)39(36,37)31-19-7-10-23(26)22(14-19)25(27,28)29/h5-14,17,31H,1-4H3,(H,30,33)/t17-/m0/s1. The molecule has 0 aliphatic heterocycles. The summed E-state index contributed by atoms with van der Waals surface area (Å²) >= 11 is 5.58. The SMILES string of the molecule is Cc1cc(C)cc(N([C@@H](C)C(=O)Nc2ccc(S(=O)(=O)Nc3ccc(Cl)c(C(F)(F)F)c3)cc2)S(C)(=O)=O)c1. The van der Waals surface area contributed by atoms with Gasteiger partial charge < -0.3 is 5.32 Å². The molecular formula is C25H25ClF3N3O5S2. The van der Waals surface area contributed by atoms with E-state index in [0.29, 0.717) is 11.8 Å². The van der Waals surface area contributed by atoms with Crippen molar-refractivity contribution in [2.24, 2.45) is 0 Å². The van der Waals surface area contributed by atoms with Crippen molar-refractivity contribution in [1.82, 2.24) is 0 Å². The third kappa shape index (κ3) is 7.43. The van der Waals surface area contributed by atoms with E-state index in [9.17, 15) is 34.8 Å². The number of carbonyl (C=O) groups is 1. The minimum absolute atomic E-state index is 0.172. The number of nitrogens with zero attached hydrogens (tertiary/aromatic N) is 1. The monoisotopic (exact) mass is 603 g/mol. The number of anilines is 3. The zero-order chi connectivity index (χ0) is 29.3. The highest BCUT2D eigenvalue weighted by atomic mass is 35.5. The Morgan fingerprint density at radius 3 is 1.95 bits per heavy atom. The highest BCUT2D eigenvalue weighted by Crippen LogP contribution is 2.36. The number of carbonyl (C=O) groups excluding carboxylic acids is 1. The van der Waals surface area contributed by atoms with E-state index in [1.165, 1.54) is 19.1 Å². The van der Waals surface area contributed by atoms with Crippen molar-refractivity contribution in [3.63, 3.8) is 0 Å². The quantitative estimate of drug-likeness (QED) is 0.350. The molecule has 0 aliphatic carbocycles. The van der Waals surface area contributed by atoms with E-state index in [2.05, 4.69) is 10.0 Å². The Kier molecular flexibility index (Phi) is 8.58. The zero-order valence-electron chi connectivity index (χ0n) is 21.2. The van der Waals surface area contributed by atoms with E-state index in [0.717, 1.165) is 46.0 Å². The summed E-state index contributed by atoms with van der Waals surface area (Å²) in [6, 6.07) is 11.4. The van der Waals surface area contributed by atoms with Crippen LogP contribution in [0.2, 0.25) is 5.02 Å². The molecule has 210 valence electrons. The van der Waals surface area contributed by atoms with Crippen LogP contribution in [0.15, 0.2) is 65.6 Å². The molecule has 1 atom stereocenters. The second kappa shape index (κ2) is 11.1. The predicted molar refractivity (Wildman–Crippen MR) is 145 cm³/mol. The van der Waals surface area contributed by atoms with Crippen LogP contribution < -0.4 is 14.3 Å². The number of halogens is 4. The molecule has 8 nitrogen and oxygen atoms in total. The third-order valence-electron chi connectivity index (χ3n) is 5.51. The first-order valence-electron chi connectivity index (χ1n) is 11.3. The first-order valence-corrected chi connectivity index (χ1v) is 15.0. The molecule has 0 saturated carbocycles. The summed E-state index contributed by atoms with van der Waals surface area (Å²) in [5, 5.41) is 1.97. The lowest BCUT2D eigenvalue weighted by molar-refractivity contribution is -0.137. The van der Waals surface area contributed by atoms with Crippen LogP contribution in [0.3, 0.4) is 0 Å². The fraction of sp³-hybridized carbons (Fsp3) is 0.240. The van der Waals surface area contributed by atoms with Crippen molar-refractivity contribution in [1.29, 1.82) is 0 Å². The number of benzene rings is 3.